The molecule has 168 valence electrons. The Hall–Kier alpha value is -2.45. The molecular formula is C22H27F3N4O2. The van der Waals surface area contributed by atoms with Gasteiger partial charge in [-0.15, -0.1) is 0 Å². The molecule has 2 aromatic rings. The first-order valence-corrected chi connectivity index (χ1v) is 11.1. The number of rotatable bonds is 2. The SMILES string of the molecule is C[C@H]1CCN(C(=O)c2cc3n(n2)[C@H](C(F)(F)F)C[C@H](c2ccco2)N3)[C@@H]2CCCC[C@@H]21. The second-order valence-electron chi connectivity index (χ2n) is 9.15. The molecular weight excluding hydrogens is 409 g/mol. The number of halogens is 3. The van der Waals surface area contributed by atoms with Crippen LogP contribution in [0.25, 0.3) is 0 Å². The average molecular weight is 436 g/mol. The Bertz CT molecular complexity index is 939. The number of nitrogens with one attached hydrogen (secondary N) is 1. The molecule has 5 atom stereocenters. The molecule has 1 amide bonds. The summed E-state index contributed by atoms with van der Waals surface area (Å²) in [6.45, 7) is 2.88. The Morgan fingerprint density at radius 1 is 1.26 bits per heavy atom. The van der Waals surface area contributed by atoms with Crippen LogP contribution in [0.5, 0.6) is 0 Å². The van der Waals surface area contributed by atoms with Gasteiger partial charge in [-0.3, -0.25) is 4.79 Å². The summed E-state index contributed by atoms with van der Waals surface area (Å²) in [4.78, 5) is 15.2. The van der Waals surface area contributed by atoms with Crippen molar-refractivity contribution in [2.75, 3.05) is 11.9 Å². The Labute approximate surface area is 178 Å². The Balaban J connectivity index is 1.45. The van der Waals surface area contributed by atoms with Gasteiger partial charge >= 0.3 is 6.18 Å². The molecule has 4 heterocycles. The average Bonchev–Trinajstić information content (AvgIpc) is 3.42. The second-order valence-corrected chi connectivity index (χ2v) is 9.15. The summed E-state index contributed by atoms with van der Waals surface area (Å²) in [6.07, 6.45) is 1.96. The Kier molecular flexibility index (Phi) is 5.01. The van der Waals surface area contributed by atoms with Gasteiger partial charge in [0.15, 0.2) is 11.7 Å². The first kappa shape index (κ1) is 20.5. The van der Waals surface area contributed by atoms with Crippen molar-refractivity contribution in [2.45, 2.75) is 69.8 Å². The van der Waals surface area contributed by atoms with Gasteiger partial charge in [0.2, 0.25) is 0 Å². The molecule has 3 aliphatic rings. The standard InChI is InChI=1S/C22H27F3N4O2/c1-13-8-9-28(17-6-3-2-5-14(13)17)21(30)16-12-20-26-15(18-7-4-10-31-18)11-19(22(23,24)25)29(20)27-16/h4,7,10,12-15,17,19,26H,2-3,5-6,8-9,11H2,1H3/t13-,14+,15+,17+,19-/m0/s1. The fraction of sp³-hybridized carbons (Fsp3) is 0.636. The van der Waals surface area contributed by atoms with Gasteiger partial charge in [0.05, 0.1) is 12.3 Å². The van der Waals surface area contributed by atoms with E-state index in [0.29, 0.717) is 24.1 Å². The number of piperidine rings is 1. The van der Waals surface area contributed by atoms with Gasteiger partial charge < -0.3 is 14.6 Å². The van der Waals surface area contributed by atoms with Gasteiger partial charge in [0.1, 0.15) is 11.6 Å². The Morgan fingerprint density at radius 2 is 2.06 bits per heavy atom. The minimum Gasteiger partial charge on any atom is -0.467 e. The number of likely N-dealkylation sites (tertiary alicyclic amines) is 1. The van der Waals surface area contributed by atoms with Crippen LogP contribution in [0.15, 0.2) is 28.9 Å². The van der Waals surface area contributed by atoms with Crippen molar-refractivity contribution in [3.8, 4) is 0 Å². The predicted molar refractivity (Wildman–Crippen MR) is 108 cm³/mol. The lowest BCUT2D eigenvalue weighted by Crippen LogP contribution is -2.52. The molecule has 0 bridgehead atoms. The van der Waals surface area contributed by atoms with Crippen molar-refractivity contribution in [3.63, 3.8) is 0 Å². The van der Waals surface area contributed by atoms with Crippen molar-refractivity contribution in [1.29, 1.82) is 0 Å². The van der Waals surface area contributed by atoms with Crippen LogP contribution in [0.2, 0.25) is 0 Å². The molecule has 2 aromatic heterocycles. The molecule has 0 spiro atoms. The monoisotopic (exact) mass is 436 g/mol. The molecule has 31 heavy (non-hydrogen) atoms. The van der Waals surface area contributed by atoms with Crippen LogP contribution in [0.4, 0.5) is 19.0 Å². The minimum absolute atomic E-state index is 0.0794. The van der Waals surface area contributed by atoms with Gasteiger partial charge in [-0.25, -0.2) is 4.68 Å². The number of carbonyl (C=O) groups is 1. The highest BCUT2D eigenvalue weighted by molar-refractivity contribution is 5.93. The number of fused-ring (bicyclic) bond motifs is 2. The predicted octanol–water partition coefficient (Wildman–Crippen LogP) is 5.18. The number of alkyl halides is 3. The third kappa shape index (κ3) is 3.61. The van der Waals surface area contributed by atoms with E-state index in [4.69, 9.17) is 4.42 Å². The fourth-order valence-corrected chi connectivity index (χ4v) is 5.67. The third-order valence-electron chi connectivity index (χ3n) is 7.29. The topological polar surface area (TPSA) is 63.3 Å². The van der Waals surface area contributed by atoms with Crippen molar-refractivity contribution >= 4 is 11.7 Å². The normalized spacial score (nSPS) is 31.0. The van der Waals surface area contributed by atoms with E-state index in [9.17, 15) is 18.0 Å². The summed E-state index contributed by atoms with van der Waals surface area (Å²) in [5.74, 6) is 1.40. The highest BCUT2D eigenvalue weighted by Crippen LogP contribution is 2.44. The number of carbonyl (C=O) groups excluding carboxylic acids is 1. The number of hydrogen-bond acceptors (Lipinski definition) is 4. The van der Waals surface area contributed by atoms with E-state index in [-0.39, 0.29) is 29.9 Å². The summed E-state index contributed by atoms with van der Waals surface area (Å²) < 4.78 is 47.8. The van der Waals surface area contributed by atoms with Gasteiger partial charge in [-0.1, -0.05) is 19.8 Å². The van der Waals surface area contributed by atoms with Gasteiger partial charge in [-0.05, 0) is 43.2 Å². The first-order valence-electron chi connectivity index (χ1n) is 11.1. The Morgan fingerprint density at radius 3 is 2.81 bits per heavy atom. The fourth-order valence-electron chi connectivity index (χ4n) is 5.67. The lowest BCUT2D eigenvalue weighted by Gasteiger charge is -2.47. The molecule has 2 fully saturated rings. The summed E-state index contributed by atoms with van der Waals surface area (Å²) in [7, 11) is 0. The number of aromatic nitrogens is 2. The maximum Gasteiger partial charge on any atom is 0.410 e. The number of amides is 1. The smallest absolute Gasteiger partial charge is 0.410 e. The lowest BCUT2D eigenvalue weighted by molar-refractivity contribution is -0.174. The van der Waals surface area contributed by atoms with Crippen LogP contribution in [0, 0.1) is 11.8 Å². The van der Waals surface area contributed by atoms with Crippen LogP contribution in [-0.4, -0.2) is 39.4 Å². The molecule has 9 heteroatoms. The minimum atomic E-state index is -4.48. The van der Waals surface area contributed by atoms with Crippen LogP contribution in [-0.2, 0) is 0 Å². The van der Waals surface area contributed by atoms with Crippen molar-refractivity contribution < 1.29 is 22.4 Å². The summed E-state index contributed by atoms with van der Waals surface area (Å²) in [6, 6.07) is 2.48. The van der Waals surface area contributed by atoms with Gasteiger partial charge in [0.25, 0.3) is 5.91 Å². The molecule has 1 saturated heterocycles. The zero-order valence-corrected chi connectivity index (χ0v) is 17.4. The van der Waals surface area contributed by atoms with Crippen molar-refractivity contribution in [2.24, 2.45) is 11.8 Å². The summed E-state index contributed by atoms with van der Waals surface area (Å²) >= 11 is 0. The second kappa shape index (κ2) is 7.60. The number of furan rings is 1. The molecule has 2 aliphatic heterocycles. The van der Waals surface area contributed by atoms with E-state index in [1.54, 1.807) is 12.1 Å². The largest absolute Gasteiger partial charge is 0.467 e. The zero-order chi connectivity index (χ0) is 21.8. The van der Waals surface area contributed by atoms with Crippen LogP contribution in [0.1, 0.15) is 73.8 Å². The van der Waals surface area contributed by atoms with E-state index in [0.717, 1.165) is 30.4 Å². The molecule has 1 saturated carbocycles. The van der Waals surface area contributed by atoms with Gasteiger partial charge in [-0.2, -0.15) is 18.3 Å². The number of hydrogen-bond donors (Lipinski definition) is 1. The van der Waals surface area contributed by atoms with E-state index >= 15 is 0 Å². The maximum absolute atomic E-state index is 13.8. The van der Waals surface area contributed by atoms with Crippen LogP contribution >= 0.6 is 0 Å². The van der Waals surface area contributed by atoms with E-state index in [1.165, 1.54) is 18.8 Å². The lowest BCUT2D eigenvalue weighted by atomic mass is 9.72. The maximum atomic E-state index is 13.8. The number of nitrogens with zero attached hydrogens (tertiary/aromatic N) is 3. The summed E-state index contributed by atoms with van der Waals surface area (Å²) in [5, 5.41) is 7.24. The third-order valence-corrected chi connectivity index (χ3v) is 7.29. The molecule has 0 aromatic carbocycles. The molecule has 1 N–H and O–H groups in total. The van der Waals surface area contributed by atoms with Crippen molar-refractivity contribution in [3.05, 3.63) is 35.9 Å². The summed E-state index contributed by atoms with van der Waals surface area (Å²) in [5.41, 5.74) is 0.0794. The molecule has 6 nitrogen and oxygen atoms in total. The van der Waals surface area contributed by atoms with Crippen LogP contribution < -0.4 is 5.32 Å². The van der Waals surface area contributed by atoms with Gasteiger partial charge in [0, 0.05) is 25.1 Å². The highest BCUT2D eigenvalue weighted by Gasteiger charge is 2.48. The molecule has 5 rings (SSSR count). The quantitative estimate of drug-likeness (QED) is 0.705. The zero-order valence-electron chi connectivity index (χ0n) is 17.4. The van der Waals surface area contributed by atoms with E-state index in [1.807, 2.05) is 4.90 Å². The molecule has 0 unspecified atom stereocenters. The van der Waals surface area contributed by atoms with E-state index in [2.05, 4.69) is 17.3 Å². The first-order chi connectivity index (χ1) is 14.8. The molecule has 0 radical (unpaired) electrons. The molecule has 1 aliphatic carbocycles. The van der Waals surface area contributed by atoms with Crippen LogP contribution in [0.3, 0.4) is 0 Å². The number of anilines is 1. The van der Waals surface area contributed by atoms with E-state index < -0.39 is 18.3 Å². The highest BCUT2D eigenvalue weighted by atomic mass is 19.4. The van der Waals surface area contributed by atoms with Crippen molar-refractivity contribution in [1.82, 2.24) is 14.7 Å².